The quantitative estimate of drug-likeness (QED) is 0.739. The first-order valence-corrected chi connectivity index (χ1v) is 6.46. The van der Waals surface area contributed by atoms with E-state index in [4.69, 9.17) is 4.74 Å². The van der Waals surface area contributed by atoms with E-state index in [0.717, 1.165) is 18.1 Å². The van der Waals surface area contributed by atoms with E-state index < -0.39 is 5.60 Å². The zero-order valence-corrected chi connectivity index (χ0v) is 10.8. The van der Waals surface area contributed by atoms with E-state index in [-0.39, 0.29) is 0 Å². The summed E-state index contributed by atoms with van der Waals surface area (Å²) in [5, 5.41) is 16.8. The van der Waals surface area contributed by atoms with Crippen LogP contribution in [-0.2, 0) is 4.74 Å². The van der Waals surface area contributed by atoms with Gasteiger partial charge in [0.1, 0.15) is 5.82 Å². The topological polar surface area (TPSA) is 66.4 Å². The van der Waals surface area contributed by atoms with Crippen LogP contribution in [0.25, 0.3) is 0 Å². The van der Waals surface area contributed by atoms with Crippen LogP contribution in [0.2, 0.25) is 0 Å². The fourth-order valence-electron chi connectivity index (χ4n) is 2.01. The zero-order valence-electron chi connectivity index (χ0n) is 10.8. The van der Waals surface area contributed by atoms with E-state index in [1.165, 1.54) is 0 Å². The number of aliphatic hydroxyl groups is 1. The second-order valence-corrected chi connectivity index (χ2v) is 4.65. The summed E-state index contributed by atoms with van der Waals surface area (Å²) in [5.74, 6) is 0.849. The Hall–Kier alpha value is -1.33. The highest BCUT2D eigenvalue weighted by molar-refractivity contribution is 5.51. The molecule has 0 aliphatic carbocycles. The summed E-state index contributed by atoms with van der Waals surface area (Å²) in [4.78, 5) is 4.21. The summed E-state index contributed by atoms with van der Waals surface area (Å²) in [7, 11) is 0. The van der Waals surface area contributed by atoms with Gasteiger partial charge in [-0.3, -0.25) is 0 Å². The monoisotopic (exact) mass is 251 g/mol. The van der Waals surface area contributed by atoms with E-state index in [2.05, 4.69) is 15.6 Å². The van der Waals surface area contributed by atoms with Crippen molar-refractivity contribution in [1.29, 1.82) is 0 Å². The molecule has 5 nitrogen and oxygen atoms in total. The van der Waals surface area contributed by atoms with Crippen LogP contribution in [0.15, 0.2) is 18.3 Å². The molecule has 1 aliphatic rings. The lowest BCUT2D eigenvalue weighted by molar-refractivity contribution is -0.0543. The average molecular weight is 251 g/mol. The van der Waals surface area contributed by atoms with Gasteiger partial charge in [-0.25, -0.2) is 4.98 Å². The number of pyridine rings is 1. The van der Waals surface area contributed by atoms with Crippen LogP contribution in [0.1, 0.15) is 19.8 Å². The summed E-state index contributed by atoms with van der Waals surface area (Å²) < 4.78 is 5.26. The molecule has 3 N–H and O–H groups in total. The van der Waals surface area contributed by atoms with E-state index in [9.17, 15) is 5.11 Å². The van der Waals surface area contributed by atoms with Crippen molar-refractivity contribution in [2.75, 3.05) is 36.9 Å². The minimum Gasteiger partial charge on any atom is -0.388 e. The molecule has 2 heterocycles. The predicted molar refractivity (Wildman–Crippen MR) is 71.9 cm³/mol. The van der Waals surface area contributed by atoms with Gasteiger partial charge >= 0.3 is 0 Å². The van der Waals surface area contributed by atoms with E-state index in [1.807, 2.05) is 19.1 Å². The van der Waals surface area contributed by atoms with Gasteiger partial charge in [0.05, 0.1) is 5.60 Å². The molecule has 5 heteroatoms. The molecule has 1 saturated heterocycles. The molecule has 0 atom stereocenters. The fraction of sp³-hybridized carbons (Fsp3) is 0.615. The van der Waals surface area contributed by atoms with Gasteiger partial charge in [-0.15, -0.1) is 0 Å². The Bertz CT molecular complexity index is 378. The maximum atomic E-state index is 10.3. The van der Waals surface area contributed by atoms with Crippen LogP contribution in [0, 0.1) is 0 Å². The van der Waals surface area contributed by atoms with Crippen molar-refractivity contribution in [3.63, 3.8) is 0 Å². The number of rotatable bonds is 5. The molecule has 1 aliphatic heterocycles. The maximum Gasteiger partial charge on any atom is 0.127 e. The Kier molecular flexibility index (Phi) is 4.38. The second-order valence-electron chi connectivity index (χ2n) is 4.65. The fourth-order valence-corrected chi connectivity index (χ4v) is 2.01. The Balaban J connectivity index is 1.90. The van der Waals surface area contributed by atoms with Crippen molar-refractivity contribution in [2.45, 2.75) is 25.4 Å². The number of hydrogen-bond acceptors (Lipinski definition) is 5. The molecule has 0 aromatic carbocycles. The third kappa shape index (κ3) is 3.58. The SMILES string of the molecule is CCNc1cc(NCC2(O)CCOCC2)ccn1. The van der Waals surface area contributed by atoms with E-state index in [1.54, 1.807) is 6.20 Å². The number of hydrogen-bond donors (Lipinski definition) is 3. The molecule has 1 aromatic rings. The van der Waals surface area contributed by atoms with Crippen LogP contribution < -0.4 is 10.6 Å². The zero-order chi connectivity index (χ0) is 12.8. The molecular weight excluding hydrogens is 230 g/mol. The number of aromatic nitrogens is 1. The molecule has 18 heavy (non-hydrogen) atoms. The van der Waals surface area contributed by atoms with Crippen molar-refractivity contribution < 1.29 is 9.84 Å². The predicted octanol–water partition coefficient (Wildman–Crippen LogP) is 1.47. The summed E-state index contributed by atoms with van der Waals surface area (Å²) in [6.07, 6.45) is 3.13. The van der Waals surface area contributed by atoms with Crippen LogP contribution in [-0.4, -0.2) is 42.0 Å². The molecule has 100 valence electrons. The Morgan fingerprint density at radius 2 is 2.17 bits per heavy atom. The molecule has 0 amide bonds. The Morgan fingerprint density at radius 3 is 2.89 bits per heavy atom. The van der Waals surface area contributed by atoms with Gasteiger partial charge in [0, 0.05) is 57.1 Å². The first kappa shape index (κ1) is 13.1. The molecule has 2 rings (SSSR count). The summed E-state index contributed by atoms with van der Waals surface area (Å²) in [6.45, 7) is 4.70. The standard InChI is InChI=1S/C13H21N3O2/c1-2-14-12-9-11(3-6-15-12)16-10-13(17)4-7-18-8-5-13/h3,6,9,17H,2,4-5,7-8,10H2,1H3,(H2,14,15,16). The van der Waals surface area contributed by atoms with Gasteiger partial charge in [-0.1, -0.05) is 0 Å². The highest BCUT2D eigenvalue weighted by atomic mass is 16.5. The minimum atomic E-state index is -0.653. The Labute approximate surface area is 108 Å². The molecule has 1 aromatic heterocycles. The third-order valence-electron chi connectivity index (χ3n) is 3.16. The molecular formula is C13H21N3O2. The van der Waals surface area contributed by atoms with Crippen molar-refractivity contribution in [2.24, 2.45) is 0 Å². The molecule has 0 saturated carbocycles. The smallest absolute Gasteiger partial charge is 0.127 e. The first-order valence-electron chi connectivity index (χ1n) is 6.46. The average Bonchev–Trinajstić information content (AvgIpc) is 2.38. The van der Waals surface area contributed by atoms with Gasteiger partial charge in [0.25, 0.3) is 0 Å². The number of nitrogens with zero attached hydrogens (tertiary/aromatic N) is 1. The van der Waals surface area contributed by atoms with Crippen molar-refractivity contribution in [1.82, 2.24) is 4.98 Å². The number of ether oxygens (including phenoxy) is 1. The summed E-state index contributed by atoms with van der Waals surface area (Å²) in [5.41, 5.74) is 0.320. The highest BCUT2D eigenvalue weighted by Gasteiger charge is 2.29. The van der Waals surface area contributed by atoms with Crippen LogP contribution in [0.5, 0.6) is 0 Å². The lowest BCUT2D eigenvalue weighted by Crippen LogP contribution is -2.42. The normalized spacial score (nSPS) is 18.3. The second kappa shape index (κ2) is 6.02. The molecule has 0 radical (unpaired) electrons. The highest BCUT2D eigenvalue weighted by Crippen LogP contribution is 2.21. The third-order valence-corrected chi connectivity index (χ3v) is 3.16. The Morgan fingerprint density at radius 1 is 1.39 bits per heavy atom. The van der Waals surface area contributed by atoms with Gasteiger partial charge in [-0.05, 0) is 13.0 Å². The van der Waals surface area contributed by atoms with Crippen molar-refractivity contribution >= 4 is 11.5 Å². The van der Waals surface area contributed by atoms with E-state index >= 15 is 0 Å². The number of anilines is 2. The lowest BCUT2D eigenvalue weighted by atomic mass is 9.94. The van der Waals surface area contributed by atoms with Crippen LogP contribution >= 0.6 is 0 Å². The maximum absolute atomic E-state index is 10.3. The first-order chi connectivity index (χ1) is 8.72. The van der Waals surface area contributed by atoms with Crippen molar-refractivity contribution in [3.05, 3.63) is 18.3 Å². The van der Waals surface area contributed by atoms with Gasteiger partial charge in [0.2, 0.25) is 0 Å². The largest absolute Gasteiger partial charge is 0.388 e. The van der Waals surface area contributed by atoms with Gasteiger partial charge in [-0.2, -0.15) is 0 Å². The van der Waals surface area contributed by atoms with Crippen LogP contribution in [0.3, 0.4) is 0 Å². The van der Waals surface area contributed by atoms with Gasteiger partial charge < -0.3 is 20.5 Å². The van der Waals surface area contributed by atoms with Crippen LogP contribution in [0.4, 0.5) is 11.5 Å². The summed E-state index contributed by atoms with van der Waals surface area (Å²) in [6, 6.07) is 3.86. The number of nitrogens with one attached hydrogen (secondary N) is 2. The van der Waals surface area contributed by atoms with Crippen molar-refractivity contribution in [3.8, 4) is 0 Å². The van der Waals surface area contributed by atoms with Gasteiger partial charge in [0.15, 0.2) is 0 Å². The summed E-state index contributed by atoms with van der Waals surface area (Å²) >= 11 is 0. The molecule has 0 unspecified atom stereocenters. The van der Waals surface area contributed by atoms with E-state index in [0.29, 0.717) is 32.6 Å². The molecule has 0 spiro atoms. The molecule has 1 fully saturated rings. The minimum absolute atomic E-state index is 0.548. The molecule has 0 bridgehead atoms. The lowest BCUT2D eigenvalue weighted by Gasteiger charge is -2.32.